The Morgan fingerprint density at radius 3 is 2.95 bits per heavy atom. The predicted molar refractivity (Wildman–Crippen MR) is 80.4 cm³/mol. The second-order valence-corrected chi connectivity index (χ2v) is 8.11. The van der Waals surface area contributed by atoms with Gasteiger partial charge in [-0.2, -0.15) is 0 Å². The van der Waals surface area contributed by atoms with Crippen molar-refractivity contribution in [3.63, 3.8) is 0 Å². The van der Waals surface area contributed by atoms with Crippen LogP contribution < -0.4 is 5.32 Å². The average molecular weight is 310 g/mol. The third kappa shape index (κ3) is 3.09. The Bertz CT molecular complexity index is 632. The molecule has 116 valence electrons. The van der Waals surface area contributed by atoms with Crippen molar-refractivity contribution in [1.29, 1.82) is 0 Å². The fourth-order valence-corrected chi connectivity index (χ4v) is 4.20. The zero-order valence-corrected chi connectivity index (χ0v) is 13.4. The fraction of sp³-hybridized carbons (Fsp3) is 0.714. The molecule has 1 saturated heterocycles. The molecule has 1 N–H and O–H groups in total. The number of hydrogen-bond donors (Lipinski definition) is 1. The Kier molecular flexibility index (Phi) is 3.98. The van der Waals surface area contributed by atoms with Gasteiger partial charge in [-0.25, -0.2) is 22.7 Å². The number of hydrogen-bond acceptors (Lipinski definition) is 5. The van der Waals surface area contributed by atoms with E-state index in [9.17, 15) is 8.42 Å². The van der Waals surface area contributed by atoms with Gasteiger partial charge < -0.3 is 5.32 Å². The Balaban J connectivity index is 1.89. The van der Waals surface area contributed by atoms with Crippen LogP contribution >= 0.6 is 0 Å². The molecule has 1 aromatic heterocycles. The quantitative estimate of drug-likeness (QED) is 0.868. The van der Waals surface area contributed by atoms with Gasteiger partial charge in [0.05, 0.1) is 17.6 Å². The van der Waals surface area contributed by atoms with Crippen molar-refractivity contribution >= 4 is 10.0 Å². The molecule has 0 saturated carbocycles. The average Bonchev–Trinajstić information content (AvgIpc) is 2.45. The maximum atomic E-state index is 11.8. The van der Waals surface area contributed by atoms with Crippen molar-refractivity contribution in [2.24, 2.45) is 0 Å². The van der Waals surface area contributed by atoms with Gasteiger partial charge in [0.2, 0.25) is 10.0 Å². The van der Waals surface area contributed by atoms with Crippen LogP contribution in [-0.2, 0) is 23.0 Å². The van der Waals surface area contributed by atoms with Crippen molar-refractivity contribution in [3.05, 3.63) is 23.3 Å². The molecule has 0 bridgehead atoms. The monoisotopic (exact) mass is 310 g/mol. The third-order valence-corrected chi connectivity index (χ3v) is 5.70. The summed E-state index contributed by atoms with van der Waals surface area (Å²) in [5.41, 5.74) is 3.33. The van der Waals surface area contributed by atoms with E-state index in [4.69, 9.17) is 0 Å². The molecule has 1 aromatic rings. The van der Waals surface area contributed by atoms with Crippen LogP contribution in [0.4, 0.5) is 0 Å². The van der Waals surface area contributed by atoms with Crippen molar-refractivity contribution in [1.82, 2.24) is 19.6 Å². The summed E-state index contributed by atoms with van der Waals surface area (Å²) in [5, 5.41) is 3.45. The van der Waals surface area contributed by atoms with Crippen LogP contribution in [0.25, 0.3) is 0 Å². The van der Waals surface area contributed by atoms with Gasteiger partial charge in [-0.15, -0.1) is 0 Å². The van der Waals surface area contributed by atoms with E-state index < -0.39 is 10.0 Å². The molecule has 3 heterocycles. The van der Waals surface area contributed by atoms with Crippen LogP contribution in [0, 0.1) is 0 Å². The number of aromatic nitrogens is 2. The lowest BCUT2D eigenvalue weighted by Gasteiger charge is -2.33. The lowest BCUT2D eigenvalue weighted by Crippen LogP contribution is -2.40. The molecule has 7 heteroatoms. The molecule has 2 atom stereocenters. The van der Waals surface area contributed by atoms with E-state index in [1.54, 1.807) is 10.6 Å². The summed E-state index contributed by atoms with van der Waals surface area (Å²) >= 11 is 0. The van der Waals surface area contributed by atoms with Crippen molar-refractivity contribution < 1.29 is 8.42 Å². The zero-order chi connectivity index (χ0) is 15.0. The molecule has 0 spiro atoms. The summed E-state index contributed by atoms with van der Waals surface area (Å²) < 4.78 is 25.1. The van der Waals surface area contributed by atoms with Crippen LogP contribution in [0.5, 0.6) is 0 Å². The first-order valence-corrected chi connectivity index (χ1v) is 9.31. The lowest BCUT2D eigenvalue weighted by atomic mass is 9.89. The molecular weight excluding hydrogens is 288 g/mol. The minimum absolute atomic E-state index is 0.181. The fourth-order valence-electron chi connectivity index (χ4n) is 3.29. The highest BCUT2D eigenvalue weighted by atomic mass is 32.2. The maximum Gasteiger partial charge on any atom is 0.211 e. The van der Waals surface area contributed by atoms with Gasteiger partial charge in [0, 0.05) is 43.6 Å². The number of sulfonamides is 1. The molecule has 3 rings (SSSR count). The van der Waals surface area contributed by atoms with Gasteiger partial charge in [0.1, 0.15) is 6.33 Å². The Labute approximate surface area is 126 Å². The van der Waals surface area contributed by atoms with Crippen molar-refractivity contribution in [3.8, 4) is 0 Å². The second kappa shape index (κ2) is 5.62. The van der Waals surface area contributed by atoms with E-state index >= 15 is 0 Å². The van der Waals surface area contributed by atoms with Gasteiger partial charge in [0.15, 0.2) is 0 Å². The first-order chi connectivity index (χ1) is 9.95. The molecule has 0 radical (unpaired) electrons. The van der Waals surface area contributed by atoms with E-state index in [0.717, 1.165) is 37.2 Å². The van der Waals surface area contributed by atoms with E-state index in [-0.39, 0.29) is 5.92 Å². The van der Waals surface area contributed by atoms with Gasteiger partial charge in [-0.1, -0.05) is 0 Å². The highest BCUT2D eigenvalue weighted by Gasteiger charge is 2.30. The maximum absolute atomic E-state index is 11.8. The van der Waals surface area contributed by atoms with Gasteiger partial charge >= 0.3 is 0 Å². The van der Waals surface area contributed by atoms with E-state index in [1.807, 2.05) is 0 Å². The van der Waals surface area contributed by atoms with Crippen LogP contribution in [-0.4, -0.2) is 48.1 Å². The molecule has 21 heavy (non-hydrogen) atoms. The largest absolute Gasteiger partial charge is 0.310 e. The Hall–Kier alpha value is -1.05. The summed E-state index contributed by atoms with van der Waals surface area (Å²) in [6, 6.07) is 0.430. The number of nitrogens with zero attached hydrogens (tertiary/aromatic N) is 3. The number of piperidine rings is 1. The van der Waals surface area contributed by atoms with Crippen LogP contribution in [0.3, 0.4) is 0 Å². The van der Waals surface area contributed by atoms with E-state index in [1.165, 1.54) is 11.8 Å². The van der Waals surface area contributed by atoms with E-state index in [0.29, 0.717) is 19.1 Å². The smallest absolute Gasteiger partial charge is 0.211 e. The molecule has 2 aliphatic rings. The molecule has 2 unspecified atom stereocenters. The minimum Gasteiger partial charge on any atom is -0.310 e. The van der Waals surface area contributed by atoms with Gasteiger partial charge in [-0.05, 0) is 19.8 Å². The highest BCUT2D eigenvalue weighted by Crippen LogP contribution is 2.31. The molecule has 1 fully saturated rings. The van der Waals surface area contributed by atoms with Gasteiger partial charge in [0.25, 0.3) is 0 Å². The SMILES string of the molecule is CC1Cc2ncnc(C3CCCN(S(C)(=O)=O)C3)c2CN1. The zero-order valence-electron chi connectivity index (χ0n) is 12.5. The summed E-state index contributed by atoms with van der Waals surface area (Å²) in [6.45, 7) is 4.09. The summed E-state index contributed by atoms with van der Waals surface area (Å²) in [6.07, 6.45) is 5.71. The van der Waals surface area contributed by atoms with E-state index in [2.05, 4.69) is 22.2 Å². The number of nitrogens with one attached hydrogen (secondary N) is 1. The molecular formula is C14H22N4O2S. The van der Waals surface area contributed by atoms with Crippen LogP contribution in [0.1, 0.15) is 42.6 Å². The summed E-state index contributed by atoms with van der Waals surface area (Å²) in [4.78, 5) is 8.89. The predicted octanol–water partition coefficient (Wildman–Crippen LogP) is 0.650. The topological polar surface area (TPSA) is 75.2 Å². The molecule has 6 nitrogen and oxygen atoms in total. The molecule has 2 aliphatic heterocycles. The third-order valence-electron chi connectivity index (χ3n) is 4.43. The van der Waals surface area contributed by atoms with Crippen LogP contribution in [0.15, 0.2) is 6.33 Å². The lowest BCUT2D eigenvalue weighted by molar-refractivity contribution is 0.312. The summed E-state index contributed by atoms with van der Waals surface area (Å²) in [5.74, 6) is 0.181. The van der Waals surface area contributed by atoms with Gasteiger partial charge in [-0.3, -0.25) is 0 Å². The number of rotatable bonds is 2. The number of fused-ring (bicyclic) bond motifs is 1. The molecule has 0 aromatic carbocycles. The Morgan fingerprint density at radius 1 is 1.38 bits per heavy atom. The van der Waals surface area contributed by atoms with Crippen molar-refractivity contribution in [2.75, 3.05) is 19.3 Å². The van der Waals surface area contributed by atoms with Crippen molar-refractivity contribution in [2.45, 2.75) is 44.7 Å². The highest BCUT2D eigenvalue weighted by molar-refractivity contribution is 7.88. The molecule has 0 aliphatic carbocycles. The first kappa shape index (κ1) is 14.9. The minimum atomic E-state index is -3.12. The normalized spacial score (nSPS) is 27.3. The summed E-state index contributed by atoms with van der Waals surface area (Å²) in [7, 11) is -3.12. The first-order valence-electron chi connectivity index (χ1n) is 7.46. The van der Waals surface area contributed by atoms with Crippen LogP contribution in [0.2, 0.25) is 0 Å². The standard InChI is InChI=1S/C14H22N4O2S/c1-10-6-13-12(7-15-10)14(17-9-16-13)11-4-3-5-18(8-11)21(2,19)20/h9-11,15H,3-8H2,1-2H3. The molecule has 0 amide bonds. The second-order valence-electron chi connectivity index (χ2n) is 6.13. The Morgan fingerprint density at radius 2 is 2.19 bits per heavy atom.